The number of hydrogen-bond donors (Lipinski definition) is 1. The molecule has 0 saturated carbocycles. The van der Waals surface area contributed by atoms with Gasteiger partial charge in [0.25, 0.3) is 0 Å². The highest BCUT2D eigenvalue weighted by Gasteiger charge is 2.11. The maximum atomic E-state index is 5.66. The van der Waals surface area contributed by atoms with Crippen LogP contribution >= 0.6 is 24.0 Å². The van der Waals surface area contributed by atoms with Crippen molar-refractivity contribution >= 4 is 24.0 Å². The summed E-state index contributed by atoms with van der Waals surface area (Å²) >= 11 is 6.00. The standard InChI is InChI=1S/C15H19NO2S2/c1-4-7-18-12-6-5-11(8-13(12)17-3)15-16-10(2)14(9-19)20-15/h5-6,8,19H,4,7,9H2,1-3H3. The van der Waals surface area contributed by atoms with Gasteiger partial charge >= 0.3 is 0 Å². The zero-order valence-corrected chi connectivity index (χ0v) is 13.7. The van der Waals surface area contributed by atoms with Crippen LogP contribution in [-0.4, -0.2) is 18.7 Å². The Balaban J connectivity index is 2.32. The number of aromatic nitrogens is 1. The van der Waals surface area contributed by atoms with Gasteiger partial charge in [-0.3, -0.25) is 0 Å². The minimum absolute atomic E-state index is 0.690. The van der Waals surface area contributed by atoms with Crippen LogP contribution in [0.5, 0.6) is 11.5 Å². The summed E-state index contributed by atoms with van der Waals surface area (Å²) in [5, 5.41) is 0.992. The van der Waals surface area contributed by atoms with Crippen molar-refractivity contribution in [1.82, 2.24) is 4.98 Å². The van der Waals surface area contributed by atoms with Crippen LogP contribution in [-0.2, 0) is 5.75 Å². The Hall–Kier alpha value is -1.20. The fourth-order valence-corrected chi connectivity index (χ4v) is 3.17. The van der Waals surface area contributed by atoms with Crippen LogP contribution in [0, 0.1) is 6.92 Å². The van der Waals surface area contributed by atoms with E-state index >= 15 is 0 Å². The topological polar surface area (TPSA) is 31.4 Å². The molecular formula is C15H19NO2S2. The van der Waals surface area contributed by atoms with E-state index in [0.29, 0.717) is 6.61 Å². The number of rotatable bonds is 6. The molecule has 0 saturated heterocycles. The van der Waals surface area contributed by atoms with Crippen molar-refractivity contribution in [2.75, 3.05) is 13.7 Å². The summed E-state index contributed by atoms with van der Waals surface area (Å²) in [6, 6.07) is 5.95. The Labute approximate surface area is 129 Å². The maximum absolute atomic E-state index is 5.66. The lowest BCUT2D eigenvalue weighted by atomic mass is 10.2. The lowest BCUT2D eigenvalue weighted by molar-refractivity contribution is 0.294. The molecule has 2 aromatic rings. The van der Waals surface area contributed by atoms with Crippen molar-refractivity contribution in [2.45, 2.75) is 26.0 Å². The summed E-state index contributed by atoms with van der Waals surface area (Å²) in [5.74, 6) is 2.25. The first-order valence-electron chi connectivity index (χ1n) is 6.58. The van der Waals surface area contributed by atoms with Gasteiger partial charge in [0, 0.05) is 16.2 Å². The molecule has 0 unspecified atom stereocenters. The Bertz CT molecular complexity index is 581. The molecule has 0 radical (unpaired) electrons. The molecule has 1 heterocycles. The molecule has 108 valence electrons. The third kappa shape index (κ3) is 3.27. The molecule has 0 fully saturated rings. The van der Waals surface area contributed by atoms with Crippen LogP contribution in [0.2, 0.25) is 0 Å². The SMILES string of the molecule is CCCOc1ccc(-c2nc(C)c(CS)s2)cc1OC. The third-order valence-electron chi connectivity index (χ3n) is 2.91. The Morgan fingerprint density at radius 3 is 2.70 bits per heavy atom. The van der Waals surface area contributed by atoms with Gasteiger partial charge in [-0.05, 0) is 31.5 Å². The minimum Gasteiger partial charge on any atom is -0.493 e. The maximum Gasteiger partial charge on any atom is 0.161 e. The van der Waals surface area contributed by atoms with Crippen LogP contribution in [0.3, 0.4) is 0 Å². The number of ether oxygens (including phenoxy) is 2. The van der Waals surface area contributed by atoms with E-state index < -0.39 is 0 Å². The highest BCUT2D eigenvalue weighted by molar-refractivity contribution is 7.79. The highest BCUT2D eigenvalue weighted by atomic mass is 32.1. The molecule has 1 aromatic carbocycles. The monoisotopic (exact) mass is 309 g/mol. The normalized spacial score (nSPS) is 10.6. The molecule has 1 aromatic heterocycles. The average molecular weight is 309 g/mol. The van der Waals surface area contributed by atoms with Gasteiger partial charge in [-0.15, -0.1) is 11.3 Å². The van der Waals surface area contributed by atoms with Crippen molar-refractivity contribution in [2.24, 2.45) is 0 Å². The second-order valence-electron chi connectivity index (χ2n) is 4.40. The van der Waals surface area contributed by atoms with Crippen LogP contribution in [0.15, 0.2) is 18.2 Å². The molecule has 2 rings (SSSR count). The summed E-state index contributed by atoms with van der Waals surface area (Å²) in [4.78, 5) is 5.79. The lowest BCUT2D eigenvalue weighted by Gasteiger charge is -2.10. The quantitative estimate of drug-likeness (QED) is 0.805. The summed E-state index contributed by atoms with van der Waals surface area (Å²) in [6.07, 6.45) is 0.974. The first-order valence-corrected chi connectivity index (χ1v) is 8.02. The van der Waals surface area contributed by atoms with Gasteiger partial charge in [0.15, 0.2) is 11.5 Å². The third-order valence-corrected chi connectivity index (χ3v) is 4.65. The van der Waals surface area contributed by atoms with E-state index in [4.69, 9.17) is 9.47 Å². The highest BCUT2D eigenvalue weighted by Crippen LogP contribution is 2.35. The smallest absolute Gasteiger partial charge is 0.161 e. The van der Waals surface area contributed by atoms with Gasteiger partial charge in [-0.25, -0.2) is 4.98 Å². The largest absolute Gasteiger partial charge is 0.493 e. The number of thiazole rings is 1. The predicted molar refractivity (Wildman–Crippen MR) is 87.3 cm³/mol. The van der Waals surface area contributed by atoms with Crippen LogP contribution in [0.25, 0.3) is 10.6 Å². The molecule has 20 heavy (non-hydrogen) atoms. The van der Waals surface area contributed by atoms with Gasteiger partial charge in [-0.2, -0.15) is 12.6 Å². The van der Waals surface area contributed by atoms with E-state index in [1.807, 2.05) is 25.1 Å². The van der Waals surface area contributed by atoms with Gasteiger partial charge in [-0.1, -0.05) is 6.92 Å². The Kier molecular flexibility index (Phi) is 5.31. The molecule has 3 nitrogen and oxygen atoms in total. The fourth-order valence-electron chi connectivity index (χ4n) is 1.83. The second-order valence-corrected chi connectivity index (χ2v) is 5.80. The first-order chi connectivity index (χ1) is 9.69. The molecule has 0 aliphatic heterocycles. The first kappa shape index (κ1) is 15.2. The second kappa shape index (κ2) is 6.99. The number of benzene rings is 1. The number of aryl methyl sites for hydroxylation is 1. The molecular weight excluding hydrogens is 290 g/mol. The molecule has 0 bridgehead atoms. The van der Waals surface area contributed by atoms with E-state index in [2.05, 4.69) is 24.5 Å². The molecule has 0 atom stereocenters. The van der Waals surface area contributed by atoms with Crippen LogP contribution < -0.4 is 9.47 Å². The minimum atomic E-state index is 0.690. The van der Waals surface area contributed by atoms with Gasteiger partial charge in [0.05, 0.1) is 19.4 Å². The van der Waals surface area contributed by atoms with Crippen molar-refractivity contribution in [3.05, 3.63) is 28.8 Å². The summed E-state index contributed by atoms with van der Waals surface area (Å²) < 4.78 is 11.1. The average Bonchev–Trinajstić information content (AvgIpc) is 2.86. The molecule has 0 aliphatic rings. The van der Waals surface area contributed by atoms with E-state index in [1.165, 1.54) is 4.88 Å². The molecule has 5 heteroatoms. The van der Waals surface area contributed by atoms with E-state index in [9.17, 15) is 0 Å². The molecule has 0 amide bonds. The lowest BCUT2D eigenvalue weighted by Crippen LogP contribution is -1.97. The summed E-state index contributed by atoms with van der Waals surface area (Å²) in [7, 11) is 1.66. The van der Waals surface area contributed by atoms with Crippen molar-refractivity contribution in [3.63, 3.8) is 0 Å². The van der Waals surface area contributed by atoms with Gasteiger partial charge in [0.1, 0.15) is 5.01 Å². The Morgan fingerprint density at radius 1 is 1.30 bits per heavy atom. The summed E-state index contributed by atoms with van der Waals surface area (Å²) in [6.45, 7) is 4.79. The fraction of sp³-hybridized carbons (Fsp3) is 0.400. The van der Waals surface area contributed by atoms with Crippen molar-refractivity contribution < 1.29 is 9.47 Å². The van der Waals surface area contributed by atoms with E-state index in [-0.39, 0.29) is 0 Å². The van der Waals surface area contributed by atoms with Gasteiger partial charge < -0.3 is 9.47 Å². The molecule has 0 aliphatic carbocycles. The summed E-state index contributed by atoms with van der Waals surface area (Å²) in [5.41, 5.74) is 2.09. The molecule has 0 spiro atoms. The van der Waals surface area contributed by atoms with E-state index in [0.717, 1.165) is 39.9 Å². The number of nitrogens with zero attached hydrogens (tertiary/aromatic N) is 1. The zero-order chi connectivity index (χ0) is 14.5. The van der Waals surface area contributed by atoms with Crippen LogP contribution in [0.4, 0.5) is 0 Å². The molecule has 0 N–H and O–H groups in total. The predicted octanol–water partition coefficient (Wildman–Crippen LogP) is 4.35. The number of hydrogen-bond acceptors (Lipinski definition) is 5. The van der Waals surface area contributed by atoms with Crippen molar-refractivity contribution in [1.29, 1.82) is 0 Å². The van der Waals surface area contributed by atoms with Gasteiger partial charge in [0.2, 0.25) is 0 Å². The van der Waals surface area contributed by atoms with E-state index in [1.54, 1.807) is 18.4 Å². The van der Waals surface area contributed by atoms with Crippen LogP contribution in [0.1, 0.15) is 23.9 Å². The zero-order valence-electron chi connectivity index (χ0n) is 12.0. The number of thiol groups is 1. The Morgan fingerprint density at radius 2 is 2.10 bits per heavy atom. The van der Waals surface area contributed by atoms with Crippen molar-refractivity contribution in [3.8, 4) is 22.1 Å². The number of methoxy groups -OCH3 is 1.